The summed E-state index contributed by atoms with van der Waals surface area (Å²) in [6.45, 7) is 3.50. The zero-order valence-corrected chi connectivity index (χ0v) is 13.0. The Morgan fingerprint density at radius 2 is 1.90 bits per heavy atom. The Morgan fingerprint density at radius 1 is 1.25 bits per heavy atom. The van der Waals surface area contributed by atoms with Gasteiger partial charge in [0.1, 0.15) is 0 Å². The minimum absolute atomic E-state index is 0.00430. The average Bonchev–Trinajstić information content (AvgIpc) is 2.48. The summed E-state index contributed by atoms with van der Waals surface area (Å²) in [7, 11) is 3.25. The van der Waals surface area contributed by atoms with Gasteiger partial charge in [0.15, 0.2) is 0 Å². The summed E-state index contributed by atoms with van der Waals surface area (Å²) in [6, 6.07) is 7.35. The Morgan fingerprint density at radius 3 is 2.40 bits per heavy atom. The molecule has 0 aromatic heterocycles. The molecule has 0 aliphatic carbocycles. The Labute approximate surface area is 125 Å². The normalized spacial score (nSPS) is 12.2. The highest BCUT2D eigenvalue weighted by atomic mass is 35.5. The molecule has 1 unspecified atom stereocenters. The topological polar surface area (TPSA) is 38.8 Å². The zero-order chi connectivity index (χ0) is 15.0. The molecule has 1 aromatic rings. The third kappa shape index (κ3) is 4.78. The second kappa shape index (κ2) is 8.95. The lowest BCUT2D eigenvalue weighted by molar-refractivity contribution is 0.0479. The van der Waals surface area contributed by atoms with Crippen molar-refractivity contribution in [3.8, 4) is 0 Å². The van der Waals surface area contributed by atoms with Gasteiger partial charge >= 0.3 is 0 Å². The number of methoxy groups -OCH3 is 2. The van der Waals surface area contributed by atoms with E-state index in [4.69, 9.17) is 21.1 Å². The van der Waals surface area contributed by atoms with E-state index in [1.807, 2.05) is 19.1 Å². The Balaban J connectivity index is 2.84. The lowest BCUT2D eigenvalue weighted by atomic mass is 10.1. The lowest BCUT2D eigenvalue weighted by Crippen LogP contribution is -2.43. The molecule has 0 aliphatic heterocycles. The van der Waals surface area contributed by atoms with Crippen LogP contribution < -0.4 is 0 Å². The third-order valence-corrected chi connectivity index (χ3v) is 3.40. The van der Waals surface area contributed by atoms with Gasteiger partial charge in [-0.3, -0.25) is 4.79 Å². The number of hydrogen-bond acceptors (Lipinski definition) is 3. The molecule has 0 heterocycles. The van der Waals surface area contributed by atoms with E-state index in [0.717, 1.165) is 5.56 Å². The third-order valence-electron chi connectivity index (χ3n) is 3.09. The molecule has 1 rings (SSSR count). The molecule has 20 heavy (non-hydrogen) atoms. The maximum absolute atomic E-state index is 12.5. The molecule has 1 atom stereocenters. The van der Waals surface area contributed by atoms with Crippen molar-refractivity contribution in [3.05, 3.63) is 35.4 Å². The second-order valence-corrected chi connectivity index (χ2v) is 4.89. The van der Waals surface area contributed by atoms with E-state index < -0.39 is 0 Å². The number of carbonyl (C=O) groups excluding carboxylic acids is 1. The monoisotopic (exact) mass is 299 g/mol. The van der Waals surface area contributed by atoms with Gasteiger partial charge in [-0.25, -0.2) is 0 Å². The number of benzene rings is 1. The van der Waals surface area contributed by atoms with Crippen molar-refractivity contribution in [2.45, 2.75) is 18.8 Å². The smallest absolute Gasteiger partial charge is 0.254 e. The van der Waals surface area contributed by atoms with Gasteiger partial charge in [-0.15, -0.1) is 11.6 Å². The van der Waals surface area contributed by atoms with E-state index in [1.54, 1.807) is 31.3 Å². The van der Waals surface area contributed by atoms with E-state index in [2.05, 4.69) is 0 Å². The van der Waals surface area contributed by atoms with Crippen LogP contribution in [-0.4, -0.2) is 50.8 Å². The molecule has 0 N–H and O–H groups in total. The van der Waals surface area contributed by atoms with Crippen molar-refractivity contribution in [3.63, 3.8) is 0 Å². The van der Waals surface area contributed by atoms with Crippen molar-refractivity contribution in [2.24, 2.45) is 0 Å². The van der Waals surface area contributed by atoms with Gasteiger partial charge in [0.2, 0.25) is 0 Å². The first kappa shape index (κ1) is 17.0. The SMILES string of the molecule is COCCN(C(=O)c1ccc(CCl)cc1)C(C)COC. The first-order chi connectivity index (χ1) is 9.63. The first-order valence-electron chi connectivity index (χ1n) is 6.57. The van der Waals surface area contributed by atoms with Gasteiger partial charge in [0.25, 0.3) is 5.91 Å². The van der Waals surface area contributed by atoms with E-state index in [0.29, 0.717) is 31.2 Å². The van der Waals surface area contributed by atoms with E-state index in [1.165, 1.54) is 0 Å². The van der Waals surface area contributed by atoms with Crippen molar-refractivity contribution < 1.29 is 14.3 Å². The van der Waals surface area contributed by atoms with E-state index in [9.17, 15) is 4.79 Å². The first-order valence-corrected chi connectivity index (χ1v) is 7.11. The fraction of sp³-hybridized carbons (Fsp3) is 0.533. The molecule has 112 valence electrons. The van der Waals surface area contributed by atoms with Gasteiger partial charge in [-0.1, -0.05) is 12.1 Å². The number of halogens is 1. The summed E-state index contributed by atoms with van der Waals surface area (Å²) in [5, 5.41) is 0. The van der Waals surface area contributed by atoms with Crippen LogP contribution in [0.5, 0.6) is 0 Å². The van der Waals surface area contributed by atoms with Crippen molar-refractivity contribution in [1.29, 1.82) is 0 Å². The summed E-state index contributed by atoms with van der Waals surface area (Å²) >= 11 is 5.75. The molecule has 0 saturated carbocycles. The maximum Gasteiger partial charge on any atom is 0.254 e. The summed E-state index contributed by atoms with van der Waals surface area (Å²) in [5.41, 5.74) is 1.65. The van der Waals surface area contributed by atoms with Crippen molar-refractivity contribution in [2.75, 3.05) is 34.0 Å². The van der Waals surface area contributed by atoms with Gasteiger partial charge in [-0.2, -0.15) is 0 Å². The largest absolute Gasteiger partial charge is 0.383 e. The maximum atomic E-state index is 12.5. The van der Waals surface area contributed by atoms with Crippen LogP contribution in [0.25, 0.3) is 0 Å². The molecule has 1 amide bonds. The molecule has 0 radical (unpaired) electrons. The number of nitrogens with zero attached hydrogens (tertiary/aromatic N) is 1. The fourth-order valence-electron chi connectivity index (χ4n) is 1.95. The Hall–Kier alpha value is -1.10. The van der Waals surface area contributed by atoms with Crippen molar-refractivity contribution >= 4 is 17.5 Å². The predicted molar refractivity (Wildman–Crippen MR) is 80.2 cm³/mol. The molecule has 1 aromatic carbocycles. The number of alkyl halides is 1. The number of hydrogen-bond donors (Lipinski definition) is 0. The standard InChI is InChI=1S/C15H22ClNO3/c1-12(11-20-3)17(8-9-19-2)15(18)14-6-4-13(10-16)5-7-14/h4-7,12H,8-11H2,1-3H3. The van der Waals surface area contributed by atoms with Crippen LogP contribution in [0.4, 0.5) is 0 Å². The number of carbonyl (C=O) groups is 1. The summed E-state index contributed by atoms with van der Waals surface area (Å²) < 4.78 is 10.2. The molecule has 5 heteroatoms. The molecule has 0 saturated heterocycles. The Bertz CT molecular complexity index is 408. The van der Waals surface area contributed by atoms with Crippen LogP contribution in [0.1, 0.15) is 22.8 Å². The lowest BCUT2D eigenvalue weighted by Gasteiger charge is -2.28. The second-order valence-electron chi connectivity index (χ2n) is 4.63. The van der Waals surface area contributed by atoms with Crippen LogP contribution in [0, 0.1) is 0 Å². The summed E-state index contributed by atoms with van der Waals surface area (Å²) in [5.74, 6) is 0.426. The van der Waals surface area contributed by atoms with Crippen LogP contribution in [0.3, 0.4) is 0 Å². The quantitative estimate of drug-likeness (QED) is 0.693. The minimum Gasteiger partial charge on any atom is -0.383 e. The molecule has 0 aliphatic rings. The van der Waals surface area contributed by atoms with E-state index >= 15 is 0 Å². The van der Waals surface area contributed by atoms with Crippen LogP contribution in [0.15, 0.2) is 24.3 Å². The molecule has 0 spiro atoms. The van der Waals surface area contributed by atoms with Crippen LogP contribution in [-0.2, 0) is 15.4 Å². The van der Waals surface area contributed by atoms with Gasteiger partial charge in [0.05, 0.1) is 19.3 Å². The highest BCUT2D eigenvalue weighted by Crippen LogP contribution is 2.12. The minimum atomic E-state index is -0.0206. The fourth-order valence-corrected chi connectivity index (χ4v) is 2.12. The molecular formula is C15H22ClNO3. The van der Waals surface area contributed by atoms with Gasteiger partial charge < -0.3 is 14.4 Å². The highest BCUT2D eigenvalue weighted by molar-refractivity contribution is 6.17. The molecular weight excluding hydrogens is 278 g/mol. The highest BCUT2D eigenvalue weighted by Gasteiger charge is 2.21. The van der Waals surface area contributed by atoms with Gasteiger partial charge in [-0.05, 0) is 24.6 Å². The molecule has 0 bridgehead atoms. The number of ether oxygens (including phenoxy) is 2. The summed E-state index contributed by atoms with van der Waals surface area (Å²) in [6.07, 6.45) is 0. The zero-order valence-electron chi connectivity index (χ0n) is 12.3. The molecule has 4 nitrogen and oxygen atoms in total. The molecule has 0 fully saturated rings. The van der Waals surface area contributed by atoms with E-state index in [-0.39, 0.29) is 11.9 Å². The number of amides is 1. The van der Waals surface area contributed by atoms with Crippen molar-refractivity contribution in [1.82, 2.24) is 4.90 Å². The van der Waals surface area contributed by atoms with Gasteiger partial charge in [0, 0.05) is 32.2 Å². The van der Waals surface area contributed by atoms with Crippen LogP contribution >= 0.6 is 11.6 Å². The number of rotatable bonds is 8. The van der Waals surface area contributed by atoms with Crippen LogP contribution in [0.2, 0.25) is 0 Å². The average molecular weight is 300 g/mol. The summed E-state index contributed by atoms with van der Waals surface area (Å²) in [4.78, 5) is 14.3. The Kier molecular flexibility index (Phi) is 7.59. The predicted octanol–water partition coefficient (Wildman–Crippen LogP) is 2.55.